The van der Waals surface area contributed by atoms with Crippen LogP contribution < -0.4 is 4.74 Å². The third-order valence-corrected chi connectivity index (χ3v) is 6.45. The van der Waals surface area contributed by atoms with E-state index in [9.17, 15) is 5.11 Å². The molecule has 1 heterocycles. The Balaban J connectivity index is 1.33. The van der Waals surface area contributed by atoms with Gasteiger partial charge in [-0.05, 0) is 61.4 Å². The van der Waals surface area contributed by atoms with Gasteiger partial charge in [-0.25, -0.2) is 0 Å². The molecule has 29 heavy (non-hydrogen) atoms. The lowest BCUT2D eigenvalue weighted by Crippen LogP contribution is -2.52. The summed E-state index contributed by atoms with van der Waals surface area (Å²) in [6.07, 6.45) is 4.72. The van der Waals surface area contributed by atoms with Crippen LogP contribution in [0.15, 0.2) is 54.6 Å². The minimum absolute atomic E-state index is 0.213. The number of β-amino-alcohol motifs (C(OH)–C–C–N with tert-alkyl or cyclic N) is 1. The molecule has 1 aliphatic heterocycles. The molecular weight excluding hydrogens is 386 g/mol. The third kappa shape index (κ3) is 5.52. The fourth-order valence-electron chi connectivity index (χ4n) is 4.59. The van der Waals surface area contributed by atoms with Gasteiger partial charge in [0, 0.05) is 24.2 Å². The number of hydrogen-bond acceptors (Lipinski definition) is 4. The molecular formula is C24H30ClNO3. The van der Waals surface area contributed by atoms with E-state index in [0.29, 0.717) is 42.5 Å². The highest BCUT2D eigenvalue weighted by atomic mass is 35.5. The van der Waals surface area contributed by atoms with Crippen molar-refractivity contribution >= 4 is 11.6 Å². The topological polar surface area (TPSA) is 41.9 Å². The SMILES string of the molecule is O[C@@]1(COc2ccc(Cl)cc2)COCCN(C2CCC(c3ccccc3)CC2)C1. The Kier molecular flexibility index (Phi) is 6.76. The Morgan fingerprint density at radius 2 is 1.76 bits per heavy atom. The molecule has 0 bridgehead atoms. The minimum Gasteiger partial charge on any atom is -0.490 e. The Morgan fingerprint density at radius 1 is 1.03 bits per heavy atom. The van der Waals surface area contributed by atoms with Crippen LogP contribution in [0.3, 0.4) is 0 Å². The molecule has 1 saturated carbocycles. The summed E-state index contributed by atoms with van der Waals surface area (Å²) in [6, 6.07) is 18.6. The van der Waals surface area contributed by atoms with Crippen molar-refractivity contribution in [1.82, 2.24) is 4.90 Å². The second-order valence-electron chi connectivity index (χ2n) is 8.41. The van der Waals surface area contributed by atoms with Crippen molar-refractivity contribution in [2.75, 3.05) is 32.9 Å². The largest absolute Gasteiger partial charge is 0.490 e. The van der Waals surface area contributed by atoms with Gasteiger partial charge in [-0.2, -0.15) is 0 Å². The number of ether oxygens (including phenoxy) is 2. The van der Waals surface area contributed by atoms with Gasteiger partial charge in [-0.3, -0.25) is 4.90 Å². The molecule has 0 aromatic heterocycles. The highest BCUT2D eigenvalue weighted by Gasteiger charge is 2.37. The summed E-state index contributed by atoms with van der Waals surface area (Å²) >= 11 is 5.93. The maximum Gasteiger partial charge on any atom is 0.134 e. The maximum atomic E-state index is 11.2. The van der Waals surface area contributed by atoms with Crippen LogP contribution in [0.2, 0.25) is 5.02 Å². The molecule has 4 rings (SSSR count). The first-order valence-electron chi connectivity index (χ1n) is 10.6. The molecule has 1 N–H and O–H groups in total. The van der Waals surface area contributed by atoms with Gasteiger partial charge in [0.2, 0.25) is 0 Å². The van der Waals surface area contributed by atoms with E-state index in [0.717, 1.165) is 19.4 Å². The first kappa shape index (κ1) is 20.7. The van der Waals surface area contributed by atoms with E-state index in [4.69, 9.17) is 21.1 Å². The number of benzene rings is 2. The third-order valence-electron chi connectivity index (χ3n) is 6.20. The molecule has 0 amide bonds. The van der Waals surface area contributed by atoms with Crippen LogP contribution >= 0.6 is 11.6 Å². The monoisotopic (exact) mass is 415 g/mol. The molecule has 0 radical (unpaired) electrons. The smallest absolute Gasteiger partial charge is 0.134 e. The lowest BCUT2D eigenvalue weighted by Gasteiger charge is -2.39. The fraction of sp³-hybridized carbons (Fsp3) is 0.500. The summed E-state index contributed by atoms with van der Waals surface area (Å²) in [5.74, 6) is 1.37. The van der Waals surface area contributed by atoms with Gasteiger partial charge >= 0.3 is 0 Å². The van der Waals surface area contributed by atoms with Crippen LogP contribution in [-0.2, 0) is 4.74 Å². The fourth-order valence-corrected chi connectivity index (χ4v) is 4.72. The second kappa shape index (κ2) is 9.48. The Labute approximate surface area is 178 Å². The Morgan fingerprint density at radius 3 is 2.48 bits per heavy atom. The summed E-state index contributed by atoms with van der Waals surface area (Å²) in [6.45, 7) is 2.62. The van der Waals surface area contributed by atoms with Gasteiger partial charge in [0.25, 0.3) is 0 Å². The van der Waals surface area contributed by atoms with Gasteiger partial charge in [-0.15, -0.1) is 0 Å². The molecule has 1 aliphatic carbocycles. The number of rotatable bonds is 5. The zero-order chi connectivity index (χ0) is 20.1. The lowest BCUT2D eigenvalue weighted by molar-refractivity contribution is -0.0683. The van der Waals surface area contributed by atoms with Crippen molar-refractivity contribution < 1.29 is 14.6 Å². The minimum atomic E-state index is -1.01. The summed E-state index contributed by atoms with van der Waals surface area (Å²) in [7, 11) is 0. The first-order valence-corrected chi connectivity index (χ1v) is 11.0. The highest BCUT2D eigenvalue weighted by molar-refractivity contribution is 6.30. The van der Waals surface area contributed by atoms with E-state index in [1.807, 2.05) is 12.1 Å². The summed E-state index contributed by atoms with van der Waals surface area (Å²) in [5.41, 5.74) is 0.449. The number of halogens is 1. The van der Waals surface area contributed by atoms with Crippen LogP contribution in [0.25, 0.3) is 0 Å². The predicted octanol–water partition coefficient (Wildman–Crippen LogP) is 4.51. The van der Waals surface area contributed by atoms with E-state index in [2.05, 4.69) is 35.2 Å². The Hall–Kier alpha value is -1.59. The van der Waals surface area contributed by atoms with E-state index in [1.165, 1.54) is 18.4 Å². The van der Waals surface area contributed by atoms with Crippen LogP contribution in [-0.4, -0.2) is 54.6 Å². The Bertz CT molecular complexity index is 761. The van der Waals surface area contributed by atoms with E-state index < -0.39 is 5.60 Å². The summed E-state index contributed by atoms with van der Waals surface area (Å²) in [5, 5.41) is 11.9. The number of aliphatic hydroxyl groups is 1. The molecule has 0 unspecified atom stereocenters. The maximum absolute atomic E-state index is 11.2. The van der Waals surface area contributed by atoms with E-state index in [1.54, 1.807) is 12.1 Å². The van der Waals surface area contributed by atoms with Crippen molar-refractivity contribution in [1.29, 1.82) is 0 Å². The quantitative estimate of drug-likeness (QED) is 0.780. The van der Waals surface area contributed by atoms with Crippen molar-refractivity contribution in [3.05, 3.63) is 65.2 Å². The highest BCUT2D eigenvalue weighted by Crippen LogP contribution is 2.35. The summed E-state index contributed by atoms with van der Waals surface area (Å²) in [4.78, 5) is 2.42. The molecule has 2 fully saturated rings. The van der Waals surface area contributed by atoms with Crippen molar-refractivity contribution in [2.24, 2.45) is 0 Å². The van der Waals surface area contributed by atoms with E-state index in [-0.39, 0.29) is 6.61 Å². The van der Waals surface area contributed by atoms with Gasteiger partial charge in [0.1, 0.15) is 18.0 Å². The molecule has 2 aromatic rings. The zero-order valence-electron chi connectivity index (χ0n) is 16.8. The van der Waals surface area contributed by atoms with Crippen LogP contribution in [0, 0.1) is 0 Å². The molecule has 156 valence electrons. The molecule has 1 saturated heterocycles. The lowest BCUT2D eigenvalue weighted by atomic mass is 9.81. The van der Waals surface area contributed by atoms with Crippen molar-refractivity contribution in [2.45, 2.75) is 43.2 Å². The second-order valence-corrected chi connectivity index (χ2v) is 8.84. The van der Waals surface area contributed by atoms with Crippen molar-refractivity contribution in [3.63, 3.8) is 0 Å². The molecule has 2 aliphatic rings. The molecule has 4 nitrogen and oxygen atoms in total. The summed E-state index contributed by atoms with van der Waals surface area (Å²) < 4.78 is 11.6. The molecule has 5 heteroatoms. The molecule has 2 aromatic carbocycles. The van der Waals surface area contributed by atoms with Crippen molar-refractivity contribution in [3.8, 4) is 5.75 Å². The predicted molar refractivity (Wildman–Crippen MR) is 116 cm³/mol. The standard InChI is InChI=1S/C24H30ClNO3/c25-21-8-12-23(13-9-21)29-18-24(27)16-26(14-15-28-17-24)22-10-6-20(7-11-22)19-4-2-1-3-5-19/h1-5,8-9,12-13,20,22,27H,6-7,10-11,14-18H2/t20?,22?,24-/m1/s1. The van der Waals surface area contributed by atoms with Gasteiger partial charge in [0.05, 0.1) is 13.2 Å². The van der Waals surface area contributed by atoms with Gasteiger partial charge in [0.15, 0.2) is 0 Å². The van der Waals surface area contributed by atoms with Gasteiger partial charge in [-0.1, -0.05) is 41.9 Å². The average molecular weight is 416 g/mol. The molecule has 1 atom stereocenters. The normalized spacial score (nSPS) is 28.6. The van der Waals surface area contributed by atoms with Gasteiger partial charge < -0.3 is 14.6 Å². The average Bonchev–Trinajstić information content (AvgIpc) is 2.96. The molecule has 0 spiro atoms. The number of hydrogen-bond donors (Lipinski definition) is 1. The number of nitrogens with zero attached hydrogens (tertiary/aromatic N) is 1. The van der Waals surface area contributed by atoms with Crippen LogP contribution in [0.5, 0.6) is 5.75 Å². The van der Waals surface area contributed by atoms with E-state index >= 15 is 0 Å². The van der Waals surface area contributed by atoms with Crippen LogP contribution in [0.4, 0.5) is 0 Å². The van der Waals surface area contributed by atoms with Crippen LogP contribution in [0.1, 0.15) is 37.2 Å². The zero-order valence-corrected chi connectivity index (χ0v) is 17.6. The first-order chi connectivity index (χ1) is 14.1.